The normalized spacial score (nSPS) is 19.8. The fourth-order valence-electron chi connectivity index (χ4n) is 11.2. The summed E-state index contributed by atoms with van der Waals surface area (Å²) in [6.45, 7) is 14.2. The molecule has 7 aromatic rings. The molecule has 7 aromatic carbocycles. The number of nitrogens with zero attached hydrogens (tertiary/aromatic N) is 1. The second-order valence-electron chi connectivity index (χ2n) is 19.7. The van der Waals surface area contributed by atoms with Crippen LogP contribution in [0, 0.1) is 5.92 Å². The summed E-state index contributed by atoms with van der Waals surface area (Å²) < 4.78 is 0. The van der Waals surface area contributed by atoms with E-state index in [1.54, 1.807) is 0 Å². The van der Waals surface area contributed by atoms with Crippen LogP contribution in [0.3, 0.4) is 0 Å². The van der Waals surface area contributed by atoms with E-state index in [1.165, 1.54) is 100 Å². The van der Waals surface area contributed by atoms with Crippen molar-refractivity contribution < 1.29 is 0 Å². The van der Waals surface area contributed by atoms with Gasteiger partial charge in [-0.25, -0.2) is 0 Å². The molecule has 0 aliphatic heterocycles. The Morgan fingerprint density at radius 1 is 0.460 bits per heavy atom. The molecule has 0 N–H and O–H groups in total. The van der Waals surface area contributed by atoms with Crippen LogP contribution < -0.4 is 4.90 Å². The topological polar surface area (TPSA) is 3.24 Å². The van der Waals surface area contributed by atoms with Gasteiger partial charge in [-0.1, -0.05) is 192 Å². The fourth-order valence-corrected chi connectivity index (χ4v) is 11.2. The zero-order valence-corrected chi connectivity index (χ0v) is 37.4. The zero-order valence-electron chi connectivity index (χ0n) is 37.4. The largest absolute Gasteiger partial charge is 0.332 e. The highest BCUT2D eigenvalue weighted by Gasteiger charge is 2.39. The second kappa shape index (κ2) is 14.7. The average Bonchev–Trinajstić information content (AvgIpc) is 3.68. The summed E-state index contributed by atoms with van der Waals surface area (Å²) in [5, 5.41) is 0. The third-order valence-corrected chi connectivity index (χ3v) is 14.8. The molecule has 0 saturated heterocycles. The summed E-state index contributed by atoms with van der Waals surface area (Å²) in [5.74, 6) is 0.580. The van der Waals surface area contributed by atoms with Crippen LogP contribution >= 0.6 is 0 Å². The molecule has 0 radical (unpaired) electrons. The molecule has 1 heteroatoms. The molecule has 0 aromatic heterocycles. The van der Waals surface area contributed by atoms with Gasteiger partial charge in [0.1, 0.15) is 0 Å². The molecule has 11 rings (SSSR count). The maximum Gasteiger partial charge on any atom is 0.0643 e. The Labute approximate surface area is 374 Å². The first-order valence-electron chi connectivity index (χ1n) is 22.9. The molecule has 2 unspecified atom stereocenters. The van der Waals surface area contributed by atoms with Crippen LogP contribution in [0.5, 0.6) is 0 Å². The number of allylic oxidation sites excluding steroid dienone is 6. The monoisotopic (exact) mass is 813 g/mol. The molecule has 308 valence electrons. The Kier molecular flexibility index (Phi) is 9.14. The van der Waals surface area contributed by atoms with Crippen LogP contribution in [0.4, 0.5) is 11.4 Å². The second-order valence-corrected chi connectivity index (χ2v) is 19.7. The van der Waals surface area contributed by atoms with Crippen molar-refractivity contribution >= 4 is 22.5 Å². The minimum absolute atomic E-state index is 0.000565. The van der Waals surface area contributed by atoms with E-state index < -0.39 is 0 Å². The van der Waals surface area contributed by atoms with Gasteiger partial charge in [-0.2, -0.15) is 0 Å². The predicted octanol–water partition coefficient (Wildman–Crippen LogP) is 16.6. The molecular weight excluding hydrogens is 759 g/mol. The van der Waals surface area contributed by atoms with Crippen LogP contribution in [-0.2, 0) is 10.8 Å². The molecule has 0 fully saturated rings. The first-order chi connectivity index (χ1) is 30.5. The molecule has 2 atom stereocenters. The lowest BCUT2D eigenvalue weighted by Crippen LogP contribution is -2.42. The van der Waals surface area contributed by atoms with Gasteiger partial charge in [0.25, 0.3) is 0 Å². The Hall–Kier alpha value is -6.70. The van der Waals surface area contributed by atoms with Crippen molar-refractivity contribution in [3.63, 3.8) is 0 Å². The van der Waals surface area contributed by atoms with E-state index in [1.807, 2.05) is 0 Å². The smallest absolute Gasteiger partial charge is 0.0643 e. The Balaban J connectivity index is 0.922. The highest BCUT2D eigenvalue weighted by Crippen LogP contribution is 2.52. The minimum atomic E-state index is -0.302. The van der Waals surface area contributed by atoms with Crippen molar-refractivity contribution in [1.82, 2.24) is 0 Å². The number of benzene rings is 7. The van der Waals surface area contributed by atoms with Crippen LogP contribution in [0.2, 0.25) is 0 Å². The lowest BCUT2D eigenvalue weighted by Gasteiger charge is -2.42. The van der Waals surface area contributed by atoms with E-state index in [-0.39, 0.29) is 16.4 Å². The van der Waals surface area contributed by atoms with Gasteiger partial charge in [0, 0.05) is 22.2 Å². The minimum Gasteiger partial charge on any atom is -0.332 e. The molecule has 0 bridgehead atoms. The molecular formula is C62H55N. The van der Waals surface area contributed by atoms with Gasteiger partial charge >= 0.3 is 0 Å². The summed E-state index contributed by atoms with van der Waals surface area (Å²) in [5.41, 5.74) is 23.5. The summed E-state index contributed by atoms with van der Waals surface area (Å²) in [4.78, 5) is 2.54. The fraction of sp³-hybridized carbons (Fsp3) is 0.194. The summed E-state index contributed by atoms with van der Waals surface area (Å²) in [7, 11) is 0. The molecule has 0 amide bonds. The van der Waals surface area contributed by atoms with E-state index in [0.29, 0.717) is 5.92 Å². The van der Waals surface area contributed by atoms with Crippen LogP contribution in [0.25, 0.3) is 55.7 Å². The highest BCUT2D eigenvalue weighted by molar-refractivity contribution is 5.87. The highest BCUT2D eigenvalue weighted by atomic mass is 15.2. The van der Waals surface area contributed by atoms with Gasteiger partial charge < -0.3 is 4.90 Å². The van der Waals surface area contributed by atoms with E-state index in [2.05, 4.69) is 241 Å². The number of hydrogen-bond donors (Lipinski definition) is 0. The van der Waals surface area contributed by atoms with Crippen molar-refractivity contribution in [3.8, 4) is 44.5 Å². The maximum absolute atomic E-state index is 2.54. The molecule has 0 saturated carbocycles. The van der Waals surface area contributed by atoms with Crippen LogP contribution in [-0.4, -0.2) is 5.54 Å². The lowest BCUT2D eigenvalue weighted by molar-refractivity contribution is 0.571. The summed E-state index contributed by atoms with van der Waals surface area (Å²) in [6, 6.07) is 61.2. The number of fused-ring (bicyclic) bond motifs is 5. The SMILES string of the molecule is CC1C=CC2=C(C1)c1ccc(-c3ccc(N(c4ccc(-c5ccc(-c6ccccc6)cc5)cc4)C4(C)C=CC(c5ccc6c(c5)C(C)(C)c5ccccc5-6)=CC4)cc3)cc1C2(C)C. The molecule has 0 heterocycles. The van der Waals surface area contributed by atoms with Crippen molar-refractivity contribution in [2.75, 3.05) is 4.90 Å². The Morgan fingerprint density at radius 3 is 1.62 bits per heavy atom. The number of rotatable bonds is 7. The first kappa shape index (κ1) is 39.2. The van der Waals surface area contributed by atoms with Gasteiger partial charge in [0.15, 0.2) is 0 Å². The third kappa shape index (κ3) is 6.51. The van der Waals surface area contributed by atoms with Gasteiger partial charge in [0.2, 0.25) is 0 Å². The molecule has 1 nitrogen and oxygen atoms in total. The molecule has 4 aliphatic carbocycles. The van der Waals surface area contributed by atoms with E-state index >= 15 is 0 Å². The van der Waals surface area contributed by atoms with Gasteiger partial charge in [0.05, 0.1) is 5.54 Å². The molecule has 63 heavy (non-hydrogen) atoms. The summed E-state index contributed by atoms with van der Waals surface area (Å²) >= 11 is 0. The standard InChI is InChI=1S/C62H55N/c1-41-16-33-57-55(38-41)54-32-26-48(39-59(54)61(57,4)5)46-23-29-51(30-24-46)63(50-27-21-45(22-28-50)44-19-17-43(18-20-44)42-12-8-7-9-13-42)62(6)36-34-47(35-37-62)49-25-31-53-52-14-10-11-15-56(52)60(2,3)58(53)40-49/h7-36,39-41H,37-38H2,1-6H3. The van der Waals surface area contributed by atoms with Crippen molar-refractivity contribution in [2.45, 2.75) is 70.8 Å². The number of anilines is 2. The Bertz CT molecular complexity index is 3040. The van der Waals surface area contributed by atoms with Gasteiger partial charge in [-0.3, -0.25) is 0 Å². The average molecular weight is 814 g/mol. The number of hydrogen-bond acceptors (Lipinski definition) is 1. The van der Waals surface area contributed by atoms with Crippen molar-refractivity contribution in [1.29, 1.82) is 0 Å². The maximum atomic E-state index is 2.54. The predicted molar refractivity (Wildman–Crippen MR) is 268 cm³/mol. The zero-order chi connectivity index (χ0) is 43.1. The molecule has 0 spiro atoms. The van der Waals surface area contributed by atoms with E-state index in [0.717, 1.165) is 12.8 Å². The lowest BCUT2D eigenvalue weighted by atomic mass is 9.78. The summed E-state index contributed by atoms with van der Waals surface area (Å²) in [6.07, 6.45) is 14.0. The Morgan fingerprint density at radius 2 is 0.968 bits per heavy atom. The van der Waals surface area contributed by atoms with Crippen molar-refractivity contribution in [2.24, 2.45) is 5.92 Å². The van der Waals surface area contributed by atoms with Gasteiger partial charge in [-0.05, 0) is 151 Å². The van der Waals surface area contributed by atoms with Crippen LogP contribution in [0.1, 0.15) is 82.2 Å². The van der Waals surface area contributed by atoms with E-state index in [4.69, 9.17) is 0 Å². The van der Waals surface area contributed by atoms with Gasteiger partial charge in [-0.15, -0.1) is 0 Å². The first-order valence-corrected chi connectivity index (χ1v) is 22.9. The van der Waals surface area contributed by atoms with Crippen molar-refractivity contribution in [3.05, 3.63) is 228 Å². The quantitative estimate of drug-likeness (QED) is 0.155. The van der Waals surface area contributed by atoms with E-state index in [9.17, 15) is 0 Å². The molecule has 4 aliphatic rings. The van der Waals surface area contributed by atoms with Crippen LogP contribution in [0.15, 0.2) is 200 Å². The third-order valence-electron chi connectivity index (χ3n) is 14.8.